The second kappa shape index (κ2) is 8.72. The van der Waals surface area contributed by atoms with Crippen molar-refractivity contribution in [3.8, 4) is 5.75 Å². The largest absolute Gasteiger partial charge is 0.495 e. The van der Waals surface area contributed by atoms with Gasteiger partial charge in [0.15, 0.2) is 0 Å². The second-order valence-corrected chi connectivity index (χ2v) is 6.52. The first-order valence-corrected chi connectivity index (χ1v) is 8.68. The number of rotatable bonds is 6. The van der Waals surface area contributed by atoms with E-state index in [4.69, 9.17) is 16.3 Å². The van der Waals surface area contributed by atoms with Crippen LogP contribution in [-0.4, -0.2) is 25.5 Å². The number of amides is 2. The zero-order chi connectivity index (χ0) is 19.3. The molecule has 2 aromatic rings. The highest BCUT2D eigenvalue weighted by Crippen LogP contribution is 2.34. The van der Waals surface area contributed by atoms with Gasteiger partial charge in [-0.3, -0.25) is 9.59 Å². The number of hydrogen-bond donors (Lipinski definition) is 1. The molecule has 0 saturated carbocycles. The van der Waals surface area contributed by atoms with E-state index in [9.17, 15) is 9.59 Å². The quantitative estimate of drug-likeness (QED) is 0.817. The number of hydrogen-bond acceptors (Lipinski definition) is 3. The fraction of sp³-hybridized carbons (Fsp3) is 0.300. The van der Waals surface area contributed by atoms with Crippen LogP contribution in [0.4, 0.5) is 11.4 Å². The van der Waals surface area contributed by atoms with Crippen molar-refractivity contribution in [3.05, 3.63) is 52.5 Å². The summed E-state index contributed by atoms with van der Waals surface area (Å²) in [6, 6.07) is 11.0. The second-order valence-electron chi connectivity index (χ2n) is 6.11. The molecule has 0 heterocycles. The van der Waals surface area contributed by atoms with Crippen molar-refractivity contribution in [2.75, 3.05) is 23.9 Å². The van der Waals surface area contributed by atoms with Gasteiger partial charge >= 0.3 is 0 Å². The minimum absolute atomic E-state index is 0.161. The number of aryl methyl sites for hydroxylation is 2. The Morgan fingerprint density at radius 2 is 1.92 bits per heavy atom. The third kappa shape index (κ3) is 4.99. The molecule has 5 nitrogen and oxygen atoms in total. The zero-order valence-corrected chi connectivity index (χ0v) is 16.2. The van der Waals surface area contributed by atoms with Crippen LogP contribution in [-0.2, 0) is 9.59 Å². The van der Waals surface area contributed by atoms with Gasteiger partial charge in [-0.05, 0) is 43.2 Å². The number of nitrogens with zero attached hydrogens (tertiary/aromatic N) is 1. The lowest BCUT2D eigenvalue weighted by Crippen LogP contribution is -2.32. The number of halogens is 1. The van der Waals surface area contributed by atoms with Gasteiger partial charge in [-0.1, -0.05) is 23.7 Å². The van der Waals surface area contributed by atoms with Crippen LogP contribution < -0.4 is 15.0 Å². The summed E-state index contributed by atoms with van der Waals surface area (Å²) in [7, 11) is 1.52. The van der Waals surface area contributed by atoms with Gasteiger partial charge in [-0.25, -0.2) is 0 Å². The van der Waals surface area contributed by atoms with E-state index in [1.807, 2.05) is 38.1 Å². The summed E-state index contributed by atoms with van der Waals surface area (Å²) in [5.41, 5.74) is 3.24. The SMILES string of the molecule is COc1cc(Cl)c(C)cc1N(CCC(=O)Nc1cccc(C)c1)C(C)=O. The summed E-state index contributed by atoms with van der Waals surface area (Å²) in [6.45, 7) is 5.52. The Kier molecular flexibility index (Phi) is 6.64. The molecule has 0 aliphatic rings. The number of nitrogens with one attached hydrogen (secondary N) is 1. The molecule has 0 spiro atoms. The standard InChI is InChI=1S/C20H23ClN2O3/c1-13-6-5-7-16(10-13)22-20(25)8-9-23(15(3)24)18-11-14(2)17(21)12-19(18)26-4/h5-7,10-12H,8-9H2,1-4H3,(H,22,25). The van der Waals surface area contributed by atoms with Gasteiger partial charge in [0.2, 0.25) is 11.8 Å². The van der Waals surface area contributed by atoms with Crippen LogP contribution in [0.5, 0.6) is 5.75 Å². The Morgan fingerprint density at radius 3 is 2.54 bits per heavy atom. The molecule has 6 heteroatoms. The van der Waals surface area contributed by atoms with Gasteiger partial charge in [-0.15, -0.1) is 0 Å². The fourth-order valence-electron chi connectivity index (χ4n) is 2.63. The summed E-state index contributed by atoms with van der Waals surface area (Å²) in [5, 5.41) is 3.41. The van der Waals surface area contributed by atoms with Crippen molar-refractivity contribution in [2.24, 2.45) is 0 Å². The molecule has 26 heavy (non-hydrogen) atoms. The highest BCUT2D eigenvalue weighted by Gasteiger charge is 2.19. The monoisotopic (exact) mass is 374 g/mol. The molecule has 0 unspecified atom stereocenters. The van der Waals surface area contributed by atoms with Gasteiger partial charge in [0.25, 0.3) is 0 Å². The zero-order valence-electron chi connectivity index (χ0n) is 15.4. The number of ether oxygens (including phenoxy) is 1. The molecular formula is C20H23ClN2O3. The van der Waals surface area contributed by atoms with E-state index >= 15 is 0 Å². The lowest BCUT2D eigenvalue weighted by atomic mass is 10.1. The van der Waals surface area contributed by atoms with Crippen molar-refractivity contribution in [3.63, 3.8) is 0 Å². The number of methoxy groups -OCH3 is 1. The maximum Gasteiger partial charge on any atom is 0.226 e. The Bertz CT molecular complexity index is 821. The molecule has 2 amide bonds. The predicted molar refractivity (Wildman–Crippen MR) is 105 cm³/mol. The molecule has 0 atom stereocenters. The third-order valence-corrected chi connectivity index (χ3v) is 4.40. The van der Waals surface area contributed by atoms with Crippen LogP contribution >= 0.6 is 11.6 Å². The minimum Gasteiger partial charge on any atom is -0.495 e. The molecular weight excluding hydrogens is 352 g/mol. The number of carbonyl (C=O) groups is 2. The molecule has 0 radical (unpaired) electrons. The highest BCUT2D eigenvalue weighted by molar-refractivity contribution is 6.31. The van der Waals surface area contributed by atoms with E-state index in [2.05, 4.69) is 5.32 Å². The lowest BCUT2D eigenvalue weighted by molar-refractivity contribution is -0.117. The van der Waals surface area contributed by atoms with Crippen LogP contribution in [0, 0.1) is 13.8 Å². The molecule has 2 rings (SSSR count). The lowest BCUT2D eigenvalue weighted by Gasteiger charge is -2.24. The molecule has 0 aliphatic heterocycles. The first-order valence-electron chi connectivity index (χ1n) is 8.30. The Balaban J connectivity index is 2.13. The number of anilines is 2. The number of carbonyl (C=O) groups excluding carboxylic acids is 2. The van der Waals surface area contributed by atoms with Gasteiger partial charge in [0, 0.05) is 36.7 Å². The minimum atomic E-state index is -0.173. The van der Waals surface area contributed by atoms with E-state index in [1.165, 1.54) is 18.9 Å². The molecule has 1 N–H and O–H groups in total. The summed E-state index contributed by atoms with van der Waals surface area (Å²) in [5.74, 6) is 0.162. The molecule has 2 aromatic carbocycles. The van der Waals surface area contributed by atoms with Gasteiger partial charge in [0.05, 0.1) is 12.8 Å². The summed E-state index contributed by atoms with van der Waals surface area (Å²) < 4.78 is 5.35. The Hall–Kier alpha value is -2.53. The maximum atomic E-state index is 12.3. The molecule has 0 aliphatic carbocycles. The molecule has 0 fully saturated rings. The third-order valence-electron chi connectivity index (χ3n) is 4.00. The first-order chi connectivity index (χ1) is 12.3. The van der Waals surface area contributed by atoms with Crippen LogP contribution in [0.15, 0.2) is 36.4 Å². The van der Waals surface area contributed by atoms with E-state index in [1.54, 1.807) is 12.1 Å². The maximum absolute atomic E-state index is 12.3. The number of benzene rings is 2. The highest BCUT2D eigenvalue weighted by atomic mass is 35.5. The van der Waals surface area contributed by atoms with Crippen molar-refractivity contribution in [1.82, 2.24) is 0 Å². The van der Waals surface area contributed by atoms with Crippen LogP contribution in [0.2, 0.25) is 5.02 Å². The molecule has 0 saturated heterocycles. The van der Waals surface area contributed by atoms with E-state index in [0.29, 0.717) is 16.5 Å². The van der Waals surface area contributed by atoms with Crippen LogP contribution in [0.25, 0.3) is 0 Å². The topological polar surface area (TPSA) is 58.6 Å². The van der Waals surface area contributed by atoms with Crippen molar-refractivity contribution in [2.45, 2.75) is 27.2 Å². The average Bonchev–Trinajstić information content (AvgIpc) is 2.57. The summed E-state index contributed by atoms with van der Waals surface area (Å²) >= 11 is 6.13. The van der Waals surface area contributed by atoms with E-state index < -0.39 is 0 Å². The van der Waals surface area contributed by atoms with Crippen LogP contribution in [0.3, 0.4) is 0 Å². The van der Waals surface area contributed by atoms with Crippen molar-refractivity contribution in [1.29, 1.82) is 0 Å². The smallest absolute Gasteiger partial charge is 0.226 e. The summed E-state index contributed by atoms with van der Waals surface area (Å²) in [4.78, 5) is 25.9. The Morgan fingerprint density at radius 1 is 1.19 bits per heavy atom. The normalized spacial score (nSPS) is 10.3. The van der Waals surface area contributed by atoms with Gasteiger partial charge in [0.1, 0.15) is 5.75 Å². The average molecular weight is 375 g/mol. The first kappa shape index (κ1) is 19.8. The fourth-order valence-corrected chi connectivity index (χ4v) is 2.78. The van der Waals surface area contributed by atoms with Gasteiger partial charge in [-0.2, -0.15) is 0 Å². The van der Waals surface area contributed by atoms with Gasteiger partial charge < -0.3 is 15.0 Å². The van der Waals surface area contributed by atoms with Crippen molar-refractivity contribution >= 4 is 34.8 Å². The molecule has 0 bridgehead atoms. The Labute approximate surface area is 158 Å². The molecule has 138 valence electrons. The van der Waals surface area contributed by atoms with Crippen LogP contribution in [0.1, 0.15) is 24.5 Å². The van der Waals surface area contributed by atoms with E-state index in [-0.39, 0.29) is 24.8 Å². The molecule has 0 aromatic heterocycles. The van der Waals surface area contributed by atoms with Crippen molar-refractivity contribution < 1.29 is 14.3 Å². The van der Waals surface area contributed by atoms with E-state index in [0.717, 1.165) is 16.8 Å². The predicted octanol–water partition coefficient (Wildman–Crippen LogP) is 4.35. The summed E-state index contributed by atoms with van der Waals surface area (Å²) in [6.07, 6.45) is 0.165.